The molecule has 6 nitrogen and oxygen atoms in total. The van der Waals surface area contributed by atoms with Crippen molar-refractivity contribution >= 4 is 5.91 Å². The third-order valence-corrected chi connectivity index (χ3v) is 3.35. The smallest absolute Gasteiger partial charge is 0.251 e. The van der Waals surface area contributed by atoms with E-state index in [4.69, 9.17) is 0 Å². The van der Waals surface area contributed by atoms with E-state index < -0.39 is 0 Å². The molecule has 0 bridgehead atoms. The van der Waals surface area contributed by atoms with Crippen molar-refractivity contribution in [3.8, 4) is 5.82 Å². The lowest BCUT2D eigenvalue weighted by Gasteiger charge is -2.07. The highest BCUT2D eigenvalue weighted by atomic mass is 19.1. The van der Waals surface area contributed by atoms with Crippen LogP contribution in [-0.4, -0.2) is 25.7 Å². The lowest BCUT2D eigenvalue weighted by atomic mass is 10.1. The third kappa shape index (κ3) is 3.39. The maximum atomic E-state index is 13.5. The number of nitrogens with zero attached hydrogens (tertiary/aromatic N) is 4. The van der Waals surface area contributed by atoms with Crippen molar-refractivity contribution < 1.29 is 9.18 Å². The fraction of sp³-hybridized carbons (Fsp3) is 0.125. The molecular weight excluding hydrogens is 297 g/mol. The minimum Gasteiger partial charge on any atom is -0.348 e. The molecule has 0 aliphatic heterocycles. The molecule has 2 heterocycles. The molecule has 0 radical (unpaired) electrons. The second-order valence-corrected chi connectivity index (χ2v) is 5.01. The summed E-state index contributed by atoms with van der Waals surface area (Å²) in [6.07, 6.45) is 4.41. The lowest BCUT2D eigenvalue weighted by Crippen LogP contribution is -2.23. The summed E-state index contributed by atoms with van der Waals surface area (Å²) in [5.41, 5.74) is 1.72. The van der Waals surface area contributed by atoms with E-state index in [1.54, 1.807) is 31.2 Å². The van der Waals surface area contributed by atoms with Crippen LogP contribution in [0.3, 0.4) is 0 Å². The van der Waals surface area contributed by atoms with Crippen LogP contribution in [0.2, 0.25) is 0 Å². The molecule has 1 aromatic carbocycles. The summed E-state index contributed by atoms with van der Waals surface area (Å²) in [4.78, 5) is 20.2. The van der Waals surface area contributed by atoms with Crippen molar-refractivity contribution in [3.05, 3.63) is 71.7 Å². The van der Waals surface area contributed by atoms with Crippen molar-refractivity contribution in [2.45, 2.75) is 13.5 Å². The number of benzene rings is 1. The fourth-order valence-corrected chi connectivity index (χ4v) is 2.04. The Morgan fingerprint density at radius 3 is 2.91 bits per heavy atom. The van der Waals surface area contributed by atoms with E-state index in [0.29, 0.717) is 22.5 Å². The van der Waals surface area contributed by atoms with Gasteiger partial charge in [-0.2, -0.15) is 5.10 Å². The first-order valence-corrected chi connectivity index (χ1v) is 6.98. The van der Waals surface area contributed by atoms with E-state index in [2.05, 4.69) is 20.4 Å². The quantitative estimate of drug-likeness (QED) is 0.800. The Hall–Kier alpha value is -3.09. The number of nitrogens with one attached hydrogen (secondary N) is 1. The predicted octanol–water partition coefficient (Wildman–Crippen LogP) is 2.04. The maximum absolute atomic E-state index is 13.5. The standard InChI is InChI=1S/C16H14FN5O/c1-11-2-3-12(6-14(11)17)8-20-16(23)13-4-5-19-15(7-13)22-10-18-9-21-22/h2-7,9-10H,8H2,1H3,(H,20,23). The first-order chi connectivity index (χ1) is 11.1. The molecule has 2 aromatic heterocycles. The number of hydrogen-bond acceptors (Lipinski definition) is 4. The second-order valence-electron chi connectivity index (χ2n) is 5.01. The summed E-state index contributed by atoms with van der Waals surface area (Å²) in [5, 5.41) is 6.72. The minimum atomic E-state index is -0.283. The highest BCUT2D eigenvalue weighted by molar-refractivity contribution is 5.94. The lowest BCUT2D eigenvalue weighted by molar-refractivity contribution is 0.0950. The van der Waals surface area contributed by atoms with Gasteiger partial charge in [-0.25, -0.2) is 19.0 Å². The van der Waals surface area contributed by atoms with Crippen LogP contribution in [0.25, 0.3) is 5.82 Å². The number of aromatic nitrogens is 4. The summed E-state index contributed by atoms with van der Waals surface area (Å²) >= 11 is 0. The Morgan fingerprint density at radius 1 is 1.30 bits per heavy atom. The molecule has 0 saturated carbocycles. The van der Waals surface area contributed by atoms with Gasteiger partial charge in [0.1, 0.15) is 18.5 Å². The first kappa shape index (κ1) is 14.8. The Morgan fingerprint density at radius 2 is 2.17 bits per heavy atom. The summed E-state index contributed by atoms with van der Waals surface area (Å²) in [5.74, 6) is -0.0552. The van der Waals surface area contributed by atoms with Gasteiger partial charge in [-0.3, -0.25) is 4.79 Å². The summed E-state index contributed by atoms with van der Waals surface area (Å²) in [6.45, 7) is 1.94. The molecule has 0 saturated heterocycles. The van der Waals surface area contributed by atoms with Crippen molar-refractivity contribution in [1.82, 2.24) is 25.1 Å². The first-order valence-electron chi connectivity index (χ1n) is 6.98. The van der Waals surface area contributed by atoms with Crippen LogP contribution < -0.4 is 5.32 Å². The van der Waals surface area contributed by atoms with Crippen molar-refractivity contribution in [3.63, 3.8) is 0 Å². The number of aryl methyl sites for hydroxylation is 1. The zero-order valence-electron chi connectivity index (χ0n) is 12.4. The molecule has 7 heteroatoms. The molecule has 0 fully saturated rings. The van der Waals surface area contributed by atoms with E-state index in [9.17, 15) is 9.18 Å². The summed E-state index contributed by atoms with van der Waals surface area (Å²) < 4.78 is 15.0. The van der Waals surface area contributed by atoms with Crippen molar-refractivity contribution in [2.75, 3.05) is 0 Å². The average molecular weight is 311 g/mol. The normalized spacial score (nSPS) is 10.5. The molecule has 23 heavy (non-hydrogen) atoms. The monoisotopic (exact) mass is 311 g/mol. The molecule has 0 atom stereocenters. The number of hydrogen-bond donors (Lipinski definition) is 1. The minimum absolute atomic E-state index is 0.247. The molecular formula is C16H14FN5O. The van der Waals surface area contributed by atoms with E-state index in [-0.39, 0.29) is 18.3 Å². The van der Waals surface area contributed by atoms with E-state index in [1.165, 1.54) is 29.6 Å². The van der Waals surface area contributed by atoms with Gasteiger partial charge in [-0.1, -0.05) is 12.1 Å². The topological polar surface area (TPSA) is 72.7 Å². The van der Waals surface area contributed by atoms with Gasteiger partial charge in [0.05, 0.1) is 0 Å². The Balaban J connectivity index is 1.71. The van der Waals surface area contributed by atoms with Crippen LogP contribution in [0.4, 0.5) is 4.39 Å². The van der Waals surface area contributed by atoms with Gasteiger partial charge in [0.25, 0.3) is 5.91 Å². The van der Waals surface area contributed by atoms with Gasteiger partial charge < -0.3 is 5.32 Å². The van der Waals surface area contributed by atoms with Crippen LogP contribution in [0.1, 0.15) is 21.5 Å². The molecule has 3 aromatic rings. The Kier molecular flexibility index (Phi) is 4.09. The van der Waals surface area contributed by atoms with Crippen LogP contribution in [-0.2, 0) is 6.54 Å². The number of rotatable bonds is 4. The van der Waals surface area contributed by atoms with Crippen molar-refractivity contribution in [1.29, 1.82) is 0 Å². The number of carbonyl (C=O) groups is 1. The predicted molar refractivity (Wildman–Crippen MR) is 81.5 cm³/mol. The fourth-order valence-electron chi connectivity index (χ4n) is 2.04. The molecule has 3 rings (SSSR count). The van der Waals surface area contributed by atoms with Crippen LogP contribution in [0.5, 0.6) is 0 Å². The average Bonchev–Trinajstić information content (AvgIpc) is 3.10. The van der Waals surface area contributed by atoms with E-state index >= 15 is 0 Å². The number of amides is 1. The van der Waals surface area contributed by atoms with E-state index in [1.807, 2.05) is 0 Å². The van der Waals surface area contributed by atoms with Gasteiger partial charge >= 0.3 is 0 Å². The van der Waals surface area contributed by atoms with Crippen LogP contribution >= 0.6 is 0 Å². The Labute approximate surface area is 132 Å². The van der Waals surface area contributed by atoms with Crippen LogP contribution in [0, 0.1) is 12.7 Å². The molecule has 0 aliphatic carbocycles. The van der Waals surface area contributed by atoms with Gasteiger partial charge in [-0.15, -0.1) is 0 Å². The van der Waals surface area contributed by atoms with Crippen LogP contribution in [0.15, 0.2) is 49.2 Å². The van der Waals surface area contributed by atoms with Gasteiger partial charge in [0.2, 0.25) is 0 Å². The SMILES string of the molecule is Cc1ccc(CNC(=O)c2ccnc(-n3cncn3)c2)cc1F. The zero-order valence-corrected chi connectivity index (χ0v) is 12.4. The van der Waals surface area contributed by atoms with E-state index in [0.717, 1.165) is 0 Å². The summed E-state index contributed by atoms with van der Waals surface area (Å²) in [6, 6.07) is 8.10. The van der Waals surface area contributed by atoms with Crippen molar-refractivity contribution in [2.24, 2.45) is 0 Å². The molecule has 0 aliphatic rings. The highest BCUT2D eigenvalue weighted by Crippen LogP contribution is 2.10. The van der Waals surface area contributed by atoms with Gasteiger partial charge in [-0.05, 0) is 36.2 Å². The zero-order chi connectivity index (χ0) is 16.2. The molecule has 0 spiro atoms. The number of pyridine rings is 1. The molecule has 116 valence electrons. The maximum Gasteiger partial charge on any atom is 0.251 e. The summed E-state index contributed by atoms with van der Waals surface area (Å²) in [7, 11) is 0. The number of halogens is 1. The molecule has 0 unspecified atom stereocenters. The highest BCUT2D eigenvalue weighted by Gasteiger charge is 2.08. The largest absolute Gasteiger partial charge is 0.348 e. The number of carbonyl (C=O) groups excluding carboxylic acids is 1. The third-order valence-electron chi connectivity index (χ3n) is 3.35. The molecule has 1 N–H and O–H groups in total. The molecule has 1 amide bonds. The van der Waals surface area contributed by atoms with Gasteiger partial charge in [0.15, 0.2) is 5.82 Å². The second kappa shape index (κ2) is 6.35. The van der Waals surface area contributed by atoms with Gasteiger partial charge in [0, 0.05) is 18.3 Å². The Bertz CT molecular complexity index is 832.